The summed E-state index contributed by atoms with van der Waals surface area (Å²) in [4.78, 5) is 28.6. The van der Waals surface area contributed by atoms with Crippen molar-refractivity contribution in [3.63, 3.8) is 0 Å². The van der Waals surface area contributed by atoms with Gasteiger partial charge in [0.05, 0.1) is 6.04 Å². The highest BCUT2D eigenvalue weighted by Gasteiger charge is 2.39. The van der Waals surface area contributed by atoms with Crippen molar-refractivity contribution in [2.45, 2.75) is 45.3 Å². The number of H-pyrrole nitrogens is 1. The van der Waals surface area contributed by atoms with E-state index in [1.165, 1.54) is 4.90 Å². The van der Waals surface area contributed by atoms with Gasteiger partial charge in [0.1, 0.15) is 5.69 Å². The number of carboxylic acid groups (broad SMARTS) is 1. The molecule has 1 aliphatic heterocycles. The molecule has 2 aromatic rings. The van der Waals surface area contributed by atoms with Gasteiger partial charge in [-0.25, -0.2) is 4.79 Å². The first-order valence-corrected chi connectivity index (χ1v) is 9.04. The topological polar surface area (TPSA) is 85.4 Å². The molecule has 0 unspecified atom stereocenters. The molecule has 3 rings (SSSR count). The van der Waals surface area contributed by atoms with Crippen LogP contribution < -0.4 is 10.9 Å². The lowest BCUT2D eigenvalue weighted by Crippen LogP contribution is -2.47. The van der Waals surface area contributed by atoms with E-state index in [0.29, 0.717) is 5.69 Å². The van der Waals surface area contributed by atoms with Crippen molar-refractivity contribution >= 4 is 11.8 Å². The number of anilines is 1. The van der Waals surface area contributed by atoms with E-state index in [-0.39, 0.29) is 30.1 Å². The van der Waals surface area contributed by atoms with Crippen LogP contribution in [0, 0.1) is 5.92 Å². The first-order chi connectivity index (χ1) is 12.5. The minimum atomic E-state index is -0.978. The summed E-state index contributed by atoms with van der Waals surface area (Å²) in [7, 11) is 0. The van der Waals surface area contributed by atoms with Crippen LogP contribution in [-0.2, 0) is 6.54 Å². The van der Waals surface area contributed by atoms with Gasteiger partial charge < -0.3 is 15.4 Å². The minimum absolute atomic E-state index is 0.0454. The molecule has 0 radical (unpaired) electrons. The van der Waals surface area contributed by atoms with E-state index in [1.807, 2.05) is 36.4 Å². The Morgan fingerprint density at radius 3 is 2.62 bits per heavy atom. The van der Waals surface area contributed by atoms with E-state index in [9.17, 15) is 14.7 Å². The van der Waals surface area contributed by atoms with E-state index < -0.39 is 6.09 Å². The zero-order chi connectivity index (χ0) is 18.7. The molecule has 0 aliphatic carbocycles. The number of amides is 1. The van der Waals surface area contributed by atoms with Gasteiger partial charge in [0, 0.05) is 30.3 Å². The maximum atomic E-state index is 12.3. The molecule has 6 nitrogen and oxygen atoms in total. The Bertz CT molecular complexity index is 819. The van der Waals surface area contributed by atoms with Gasteiger partial charge >= 0.3 is 6.09 Å². The fraction of sp³-hybridized carbons (Fsp3) is 0.400. The lowest BCUT2D eigenvalue weighted by molar-refractivity contribution is 0.0945. The molecule has 138 valence electrons. The number of aromatic amines is 1. The van der Waals surface area contributed by atoms with Crippen molar-refractivity contribution in [3.8, 4) is 0 Å². The fourth-order valence-corrected chi connectivity index (χ4v) is 3.87. The van der Waals surface area contributed by atoms with Gasteiger partial charge in [0.2, 0.25) is 0 Å². The molecule has 0 spiro atoms. The van der Waals surface area contributed by atoms with Gasteiger partial charge in [0.25, 0.3) is 5.56 Å². The van der Waals surface area contributed by atoms with Crippen molar-refractivity contribution < 1.29 is 9.90 Å². The highest BCUT2D eigenvalue weighted by atomic mass is 16.4. The van der Waals surface area contributed by atoms with Crippen LogP contribution in [0.2, 0.25) is 0 Å². The van der Waals surface area contributed by atoms with Crippen molar-refractivity contribution in [1.29, 1.82) is 0 Å². The number of pyridine rings is 1. The van der Waals surface area contributed by atoms with Crippen molar-refractivity contribution in [2.24, 2.45) is 5.92 Å². The zero-order valence-corrected chi connectivity index (χ0v) is 15.1. The Morgan fingerprint density at radius 2 is 1.96 bits per heavy atom. The molecular weight excluding hydrogens is 330 g/mol. The number of carbonyl (C=O) groups is 1. The maximum Gasteiger partial charge on any atom is 0.408 e. The number of nitrogens with one attached hydrogen (secondary N) is 2. The Labute approximate surface area is 152 Å². The minimum Gasteiger partial charge on any atom is -0.465 e. The first-order valence-electron chi connectivity index (χ1n) is 9.04. The van der Waals surface area contributed by atoms with Gasteiger partial charge in [-0.15, -0.1) is 0 Å². The number of benzene rings is 1. The van der Waals surface area contributed by atoms with E-state index >= 15 is 0 Å². The van der Waals surface area contributed by atoms with Crippen LogP contribution in [0.25, 0.3) is 0 Å². The van der Waals surface area contributed by atoms with E-state index in [4.69, 9.17) is 0 Å². The maximum absolute atomic E-state index is 12.3. The first kappa shape index (κ1) is 18.0. The Hall–Kier alpha value is -2.76. The van der Waals surface area contributed by atoms with E-state index in [0.717, 1.165) is 24.0 Å². The summed E-state index contributed by atoms with van der Waals surface area (Å²) in [5.41, 5.74) is 1.96. The molecule has 1 aliphatic rings. The van der Waals surface area contributed by atoms with Gasteiger partial charge in [-0.1, -0.05) is 50.6 Å². The van der Waals surface area contributed by atoms with E-state index in [2.05, 4.69) is 24.1 Å². The monoisotopic (exact) mass is 355 g/mol. The average Bonchev–Trinajstić information content (AvgIpc) is 2.63. The second kappa shape index (κ2) is 7.64. The molecule has 0 saturated heterocycles. The van der Waals surface area contributed by atoms with Gasteiger partial charge in [-0.05, 0) is 18.1 Å². The number of nitrogens with zero attached hydrogens (tertiary/aromatic N) is 1. The van der Waals surface area contributed by atoms with Crippen LogP contribution in [0.3, 0.4) is 0 Å². The Morgan fingerprint density at radius 1 is 1.23 bits per heavy atom. The number of aromatic nitrogens is 1. The molecular formula is C20H25N3O3. The predicted molar refractivity (Wildman–Crippen MR) is 101 cm³/mol. The summed E-state index contributed by atoms with van der Waals surface area (Å²) < 4.78 is 0. The van der Waals surface area contributed by atoms with Crippen molar-refractivity contribution in [1.82, 2.24) is 9.88 Å². The zero-order valence-electron chi connectivity index (χ0n) is 15.1. The lowest BCUT2D eigenvalue weighted by Gasteiger charge is -2.43. The molecule has 0 fully saturated rings. The molecule has 26 heavy (non-hydrogen) atoms. The predicted octanol–water partition coefficient (Wildman–Crippen LogP) is 3.83. The molecule has 6 heteroatoms. The Balaban J connectivity index is 2.05. The summed E-state index contributed by atoms with van der Waals surface area (Å²) in [6.45, 7) is 4.44. The standard InChI is InChI=1S/C20H25N3O3/c1-3-7-16-13(2)18(15-10-11-21-19(24)17(15)22-16)23(20(25)26)12-14-8-5-4-6-9-14/h4-6,8-11,13,16,18,22H,3,7,12H2,1-2H3,(H,21,24)(H,25,26)/t13-,16-,18+/m0/s1. The van der Waals surface area contributed by atoms with Crippen molar-refractivity contribution in [2.75, 3.05) is 5.32 Å². The molecule has 0 saturated carbocycles. The smallest absolute Gasteiger partial charge is 0.408 e. The highest BCUT2D eigenvalue weighted by Crippen LogP contribution is 2.40. The molecule has 3 atom stereocenters. The third kappa shape index (κ3) is 3.45. The third-order valence-corrected chi connectivity index (χ3v) is 5.15. The quantitative estimate of drug-likeness (QED) is 0.761. The number of rotatable bonds is 5. The van der Waals surface area contributed by atoms with Crippen LogP contribution >= 0.6 is 0 Å². The van der Waals surface area contributed by atoms with Crippen LogP contribution in [0.4, 0.5) is 10.5 Å². The van der Waals surface area contributed by atoms with Crippen LogP contribution in [0.5, 0.6) is 0 Å². The molecule has 1 amide bonds. The molecule has 0 bridgehead atoms. The van der Waals surface area contributed by atoms with Crippen LogP contribution in [0.15, 0.2) is 47.4 Å². The molecule has 2 heterocycles. The van der Waals surface area contributed by atoms with Crippen molar-refractivity contribution in [3.05, 3.63) is 64.1 Å². The lowest BCUT2D eigenvalue weighted by atomic mass is 9.81. The van der Waals surface area contributed by atoms with Gasteiger partial charge in [-0.2, -0.15) is 0 Å². The third-order valence-electron chi connectivity index (χ3n) is 5.15. The number of hydrogen-bond acceptors (Lipinski definition) is 3. The van der Waals surface area contributed by atoms with Crippen LogP contribution in [0.1, 0.15) is 43.9 Å². The van der Waals surface area contributed by atoms with E-state index in [1.54, 1.807) is 6.20 Å². The highest BCUT2D eigenvalue weighted by molar-refractivity contribution is 5.67. The normalized spacial score (nSPS) is 21.5. The SMILES string of the molecule is CCC[C@@H]1Nc2c(cc[nH]c2=O)[C@H](N(Cc2ccccc2)C(=O)O)[C@H]1C. The number of fused-ring (bicyclic) bond motifs is 1. The Kier molecular flexibility index (Phi) is 5.30. The average molecular weight is 355 g/mol. The summed E-state index contributed by atoms with van der Waals surface area (Å²) in [6.07, 6.45) is 2.45. The summed E-state index contributed by atoms with van der Waals surface area (Å²) in [5.74, 6) is 0.0454. The summed E-state index contributed by atoms with van der Waals surface area (Å²) in [6, 6.07) is 11.1. The van der Waals surface area contributed by atoms with Crippen LogP contribution in [-0.4, -0.2) is 27.1 Å². The molecule has 3 N–H and O–H groups in total. The largest absolute Gasteiger partial charge is 0.465 e. The second-order valence-electron chi connectivity index (χ2n) is 6.88. The number of hydrogen-bond donors (Lipinski definition) is 3. The van der Waals surface area contributed by atoms with Gasteiger partial charge in [0.15, 0.2) is 0 Å². The molecule has 1 aromatic carbocycles. The summed E-state index contributed by atoms with van der Waals surface area (Å²) in [5, 5.41) is 13.3. The molecule has 1 aromatic heterocycles. The second-order valence-corrected chi connectivity index (χ2v) is 6.88. The fourth-order valence-electron chi connectivity index (χ4n) is 3.87. The van der Waals surface area contributed by atoms with Gasteiger partial charge in [-0.3, -0.25) is 9.69 Å². The summed E-state index contributed by atoms with van der Waals surface area (Å²) >= 11 is 0.